The molecule has 108 valence electrons. The van der Waals surface area contributed by atoms with E-state index in [9.17, 15) is 4.79 Å². The van der Waals surface area contributed by atoms with E-state index in [0.717, 1.165) is 6.54 Å². The predicted molar refractivity (Wildman–Crippen MR) is 72.7 cm³/mol. The Hall–Kier alpha value is -0.650. The topological polar surface area (TPSA) is 59.6 Å². The van der Waals surface area contributed by atoms with Crippen LogP contribution in [0.15, 0.2) is 0 Å². The summed E-state index contributed by atoms with van der Waals surface area (Å²) < 4.78 is 10.7. The summed E-state index contributed by atoms with van der Waals surface area (Å²) in [6.07, 6.45) is 0.410. The minimum Gasteiger partial charge on any atom is -0.379 e. The van der Waals surface area contributed by atoms with E-state index in [2.05, 4.69) is 24.5 Å². The van der Waals surface area contributed by atoms with Gasteiger partial charge in [-0.1, -0.05) is 13.8 Å². The number of rotatable bonds is 11. The second-order valence-electron chi connectivity index (χ2n) is 4.81. The zero-order valence-electron chi connectivity index (χ0n) is 12.1. The third kappa shape index (κ3) is 13.4. The Bertz CT molecular complexity index is 208. The maximum atomic E-state index is 11.3. The Labute approximate surface area is 111 Å². The minimum atomic E-state index is 0.0343. The largest absolute Gasteiger partial charge is 0.379 e. The van der Waals surface area contributed by atoms with Crippen LogP contribution in [-0.2, 0) is 14.3 Å². The van der Waals surface area contributed by atoms with Gasteiger partial charge in [-0.15, -0.1) is 0 Å². The summed E-state index contributed by atoms with van der Waals surface area (Å²) in [5.74, 6) is 0.0343. The minimum absolute atomic E-state index is 0.0343. The normalized spacial score (nSPS) is 11.2. The molecule has 0 heterocycles. The Balaban J connectivity index is 3.14. The number of ether oxygens (including phenoxy) is 2. The molecule has 0 aromatic rings. The third-order valence-electron chi connectivity index (χ3n) is 2.09. The van der Waals surface area contributed by atoms with Crippen LogP contribution in [0.25, 0.3) is 0 Å². The molecule has 0 aromatic heterocycles. The zero-order valence-corrected chi connectivity index (χ0v) is 12.1. The molecule has 0 aromatic carbocycles. The maximum absolute atomic E-state index is 11.3. The predicted octanol–water partition coefficient (Wildman–Crippen LogP) is 0.932. The molecule has 0 bridgehead atoms. The highest BCUT2D eigenvalue weighted by atomic mass is 16.5. The second-order valence-corrected chi connectivity index (χ2v) is 4.81. The van der Waals surface area contributed by atoms with Gasteiger partial charge in [0.25, 0.3) is 0 Å². The molecule has 0 aliphatic heterocycles. The molecule has 0 aliphatic carbocycles. The van der Waals surface area contributed by atoms with Crippen LogP contribution in [0.3, 0.4) is 0 Å². The van der Waals surface area contributed by atoms with Gasteiger partial charge in [0.1, 0.15) is 0 Å². The lowest BCUT2D eigenvalue weighted by Gasteiger charge is -2.10. The molecule has 0 radical (unpaired) electrons. The van der Waals surface area contributed by atoms with Gasteiger partial charge in [0.15, 0.2) is 0 Å². The van der Waals surface area contributed by atoms with Gasteiger partial charge in [-0.05, 0) is 13.8 Å². The molecule has 0 fully saturated rings. The number of carbonyl (C=O) groups is 1. The van der Waals surface area contributed by atoms with Gasteiger partial charge in [0, 0.05) is 25.0 Å². The summed E-state index contributed by atoms with van der Waals surface area (Å²) in [4.78, 5) is 11.3. The van der Waals surface area contributed by atoms with Crippen LogP contribution in [-0.4, -0.2) is 51.0 Å². The maximum Gasteiger partial charge on any atom is 0.222 e. The summed E-state index contributed by atoms with van der Waals surface area (Å²) in [6, 6.07) is 0.679. The van der Waals surface area contributed by atoms with Crippen molar-refractivity contribution in [1.82, 2.24) is 10.6 Å². The van der Waals surface area contributed by atoms with Crippen molar-refractivity contribution in [2.75, 3.05) is 33.0 Å². The fraction of sp³-hybridized carbons (Fsp3) is 0.923. The standard InChI is InChI=1S/C13H28N2O3/c1-11(2)14-6-8-18-10-9-17-7-5-13(16)15-12(3)4/h11-12,14H,5-10H2,1-4H3,(H,15,16). The first-order chi connectivity index (χ1) is 8.52. The molecule has 5 heteroatoms. The van der Waals surface area contributed by atoms with Gasteiger partial charge in [0.2, 0.25) is 5.91 Å². The Morgan fingerprint density at radius 3 is 2.11 bits per heavy atom. The highest BCUT2D eigenvalue weighted by Crippen LogP contribution is 1.86. The third-order valence-corrected chi connectivity index (χ3v) is 2.09. The molecule has 18 heavy (non-hydrogen) atoms. The van der Waals surface area contributed by atoms with Crippen LogP contribution in [0.4, 0.5) is 0 Å². The first-order valence-electron chi connectivity index (χ1n) is 6.70. The molecule has 0 rings (SSSR count). The molecular formula is C13H28N2O3. The van der Waals surface area contributed by atoms with E-state index in [0.29, 0.717) is 38.9 Å². The molecule has 5 nitrogen and oxygen atoms in total. The van der Waals surface area contributed by atoms with Crippen molar-refractivity contribution in [3.63, 3.8) is 0 Å². The number of amides is 1. The smallest absolute Gasteiger partial charge is 0.222 e. The van der Waals surface area contributed by atoms with E-state index in [4.69, 9.17) is 9.47 Å². The number of hydrogen-bond donors (Lipinski definition) is 2. The Morgan fingerprint density at radius 2 is 1.56 bits per heavy atom. The highest BCUT2D eigenvalue weighted by Gasteiger charge is 2.02. The van der Waals surface area contributed by atoms with Gasteiger partial charge in [0.05, 0.1) is 26.4 Å². The molecule has 0 saturated heterocycles. The van der Waals surface area contributed by atoms with Crippen molar-refractivity contribution < 1.29 is 14.3 Å². The lowest BCUT2D eigenvalue weighted by molar-refractivity contribution is -0.122. The molecule has 0 atom stereocenters. The molecule has 0 unspecified atom stereocenters. The van der Waals surface area contributed by atoms with Crippen LogP contribution >= 0.6 is 0 Å². The highest BCUT2D eigenvalue weighted by molar-refractivity contribution is 5.76. The van der Waals surface area contributed by atoms with Crippen LogP contribution in [0, 0.1) is 0 Å². The van der Waals surface area contributed by atoms with Crippen molar-refractivity contribution in [1.29, 1.82) is 0 Å². The van der Waals surface area contributed by atoms with Crippen molar-refractivity contribution in [3.05, 3.63) is 0 Å². The molecule has 0 aliphatic rings. The zero-order chi connectivity index (χ0) is 13.8. The molecular weight excluding hydrogens is 232 g/mol. The second kappa shape index (κ2) is 11.4. The quantitative estimate of drug-likeness (QED) is 0.543. The lowest BCUT2D eigenvalue weighted by atomic mass is 10.3. The van der Waals surface area contributed by atoms with Crippen molar-refractivity contribution in [2.45, 2.75) is 46.2 Å². The molecule has 2 N–H and O–H groups in total. The van der Waals surface area contributed by atoms with E-state index in [-0.39, 0.29) is 11.9 Å². The van der Waals surface area contributed by atoms with Gasteiger partial charge in [-0.2, -0.15) is 0 Å². The number of nitrogens with one attached hydrogen (secondary N) is 2. The summed E-state index contributed by atoms with van der Waals surface area (Å²) in [5, 5.41) is 6.08. The van der Waals surface area contributed by atoms with Crippen LogP contribution in [0.2, 0.25) is 0 Å². The fourth-order valence-corrected chi connectivity index (χ4v) is 1.30. The van der Waals surface area contributed by atoms with Crippen LogP contribution in [0.1, 0.15) is 34.1 Å². The molecule has 1 amide bonds. The summed E-state index contributed by atoms with van der Waals surface area (Å²) >= 11 is 0. The van der Waals surface area contributed by atoms with Gasteiger partial charge >= 0.3 is 0 Å². The van der Waals surface area contributed by atoms with Crippen molar-refractivity contribution in [3.8, 4) is 0 Å². The average molecular weight is 260 g/mol. The number of hydrogen-bond acceptors (Lipinski definition) is 4. The monoisotopic (exact) mass is 260 g/mol. The first kappa shape index (κ1) is 17.4. The van der Waals surface area contributed by atoms with E-state index in [1.54, 1.807) is 0 Å². The fourth-order valence-electron chi connectivity index (χ4n) is 1.30. The summed E-state index contributed by atoms with van der Waals surface area (Å²) in [6.45, 7) is 11.2. The van der Waals surface area contributed by atoms with Crippen LogP contribution in [0.5, 0.6) is 0 Å². The summed E-state index contributed by atoms with van der Waals surface area (Å²) in [7, 11) is 0. The van der Waals surface area contributed by atoms with Crippen molar-refractivity contribution >= 4 is 5.91 Å². The first-order valence-corrected chi connectivity index (χ1v) is 6.70. The van der Waals surface area contributed by atoms with E-state index < -0.39 is 0 Å². The van der Waals surface area contributed by atoms with Gasteiger partial charge in [-0.3, -0.25) is 4.79 Å². The molecule has 0 spiro atoms. The number of carbonyl (C=O) groups excluding carboxylic acids is 1. The Kier molecular flexibility index (Phi) is 11.0. The SMILES string of the molecule is CC(C)NCCOCCOCCC(=O)NC(C)C. The average Bonchev–Trinajstić information content (AvgIpc) is 2.25. The van der Waals surface area contributed by atoms with E-state index in [1.807, 2.05) is 13.8 Å². The summed E-state index contributed by atoms with van der Waals surface area (Å²) in [5.41, 5.74) is 0. The van der Waals surface area contributed by atoms with E-state index >= 15 is 0 Å². The lowest BCUT2D eigenvalue weighted by Crippen LogP contribution is -2.30. The molecule has 0 saturated carbocycles. The van der Waals surface area contributed by atoms with Gasteiger partial charge in [-0.25, -0.2) is 0 Å². The van der Waals surface area contributed by atoms with Crippen molar-refractivity contribution in [2.24, 2.45) is 0 Å². The van der Waals surface area contributed by atoms with Crippen LogP contribution < -0.4 is 10.6 Å². The van der Waals surface area contributed by atoms with E-state index in [1.165, 1.54) is 0 Å². The van der Waals surface area contributed by atoms with Gasteiger partial charge < -0.3 is 20.1 Å². The Morgan fingerprint density at radius 1 is 0.944 bits per heavy atom.